The monoisotopic (exact) mass is 201 g/mol. The largest absolute Gasteiger partial charge is 0.327 e. The molecule has 3 rings (SSSR count). The maximum Gasteiger partial charge on any atom is 0.327 e. The average molecular weight is 201 g/mol. The summed E-state index contributed by atoms with van der Waals surface area (Å²) in [6.45, 7) is 3.97. The van der Waals surface area contributed by atoms with Gasteiger partial charge in [0, 0.05) is 23.5 Å². The second kappa shape index (κ2) is 2.82. The molecule has 1 aromatic rings. The van der Waals surface area contributed by atoms with Gasteiger partial charge in [-0.1, -0.05) is 6.58 Å². The predicted octanol–water partition coefficient (Wildman–Crippen LogP) is 2.06. The number of hydrogen-bond acceptors (Lipinski definition) is 2. The standard InChI is InChI=1S/C11H11N3O/c1-7-9-3-2-6-12-10(9)13-11(15)14(7)8-4-5-8/h2-3,6,8H,1,4-5H2,(H,12,13,15). The lowest BCUT2D eigenvalue weighted by Gasteiger charge is -2.30. The van der Waals surface area contributed by atoms with Crippen molar-refractivity contribution in [1.82, 2.24) is 9.88 Å². The van der Waals surface area contributed by atoms with E-state index in [2.05, 4.69) is 16.9 Å². The van der Waals surface area contributed by atoms with Gasteiger partial charge in [-0.25, -0.2) is 9.78 Å². The van der Waals surface area contributed by atoms with Crippen molar-refractivity contribution in [2.45, 2.75) is 18.9 Å². The first-order valence-electron chi connectivity index (χ1n) is 5.02. The van der Waals surface area contributed by atoms with Crippen molar-refractivity contribution in [3.63, 3.8) is 0 Å². The highest BCUT2D eigenvalue weighted by Gasteiger charge is 2.38. The Hall–Kier alpha value is -1.84. The van der Waals surface area contributed by atoms with Crippen LogP contribution in [-0.2, 0) is 0 Å². The molecule has 0 bridgehead atoms. The Balaban J connectivity index is 2.06. The van der Waals surface area contributed by atoms with Crippen LogP contribution in [-0.4, -0.2) is 22.0 Å². The first-order chi connectivity index (χ1) is 7.27. The molecule has 1 aromatic heterocycles. The number of carbonyl (C=O) groups is 1. The summed E-state index contributed by atoms with van der Waals surface area (Å²) in [5, 5.41) is 2.78. The molecule has 4 heteroatoms. The summed E-state index contributed by atoms with van der Waals surface area (Å²) < 4.78 is 0. The first-order valence-corrected chi connectivity index (χ1v) is 5.02. The minimum Gasteiger partial charge on any atom is -0.291 e. The van der Waals surface area contributed by atoms with Gasteiger partial charge in [-0.05, 0) is 25.0 Å². The van der Waals surface area contributed by atoms with Gasteiger partial charge < -0.3 is 0 Å². The molecule has 0 atom stereocenters. The van der Waals surface area contributed by atoms with Crippen molar-refractivity contribution in [3.05, 3.63) is 30.5 Å². The van der Waals surface area contributed by atoms with Crippen LogP contribution in [0.2, 0.25) is 0 Å². The topological polar surface area (TPSA) is 45.2 Å². The summed E-state index contributed by atoms with van der Waals surface area (Å²) in [4.78, 5) is 17.6. The molecular weight excluding hydrogens is 190 g/mol. The summed E-state index contributed by atoms with van der Waals surface area (Å²) in [6, 6.07) is 4.02. The zero-order valence-corrected chi connectivity index (χ0v) is 8.23. The molecule has 0 saturated heterocycles. The normalized spacial score (nSPS) is 19.9. The molecular formula is C11H11N3O. The predicted molar refractivity (Wildman–Crippen MR) is 57.2 cm³/mol. The SMILES string of the molecule is C=C1c2cccnc2NC(=O)N1C1CC1. The van der Waals surface area contributed by atoms with Crippen LogP contribution in [0.15, 0.2) is 24.9 Å². The third kappa shape index (κ3) is 1.21. The molecule has 2 aliphatic rings. The second-order valence-corrected chi connectivity index (χ2v) is 3.88. The highest BCUT2D eigenvalue weighted by atomic mass is 16.2. The molecule has 2 amide bonds. The minimum absolute atomic E-state index is 0.103. The molecule has 1 fully saturated rings. The summed E-state index contributed by atoms with van der Waals surface area (Å²) in [6.07, 6.45) is 3.81. The summed E-state index contributed by atoms with van der Waals surface area (Å²) in [7, 11) is 0. The zero-order chi connectivity index (χ0) is 10.4. The van der Waals surface area contributed by atoms with Gasteiger partial charge in [0.1, 0.15) is 5.82 Å². The molecule has 1 N–H and O–H groups in total. The van der Waals surface area contributed by atoms with Crippen LogP contribution in [0.25, 0.3) is 5.70 Å². The molecule has 0 radical (unpaired) electrons. The number of rotatable bonds is 1. The Morgan fingerprint density at radius 1 is 1.53 bits per heavy atom. The number of nitrogens with zero attached hydrogens (tertiary/aromatic N) is 2. The Morgan fingerprint density at radius 2 is 2.33 bits per heavy atom. The molecule has 1 aliphatic heterocycles. The highest BCUT2D eigenvalue weighted by Crippen LogP contribution is 2.37. The van der Waals surface area contributed by atoms with E-state index in [1.165, 1.54) is 0 Å². The van der Waals surface area contributed by atoms with Crippen LogP contribution in [0.1, 0.15) is 18.4 Å². The van der Waals surface area contributed by atoms with Gasteiger partial charge in [0.05, 0.1) is 0 Å². The average Bonchev–Trinajstić information content (AvgIpc) is 3.02. The van der Waals surface area contributed by atoms with Crippen molar-refractivity contribution in [3.8, 4) is 0 Å². The van der Waals surface area contributed by atoms with E-state index in [-0.39, 0.29) is 6.03 Å². The van der Waals surface area contributed by atoms with Crippen LogP contribution in [0.3, 0.4) is 0 Å². The first kappa shape index (κ1) is 8.47. The van der Waals surface area contributed by atoms with Gasteiger partial charge in [0.2, 0.25) is 0 Å². The lowest BCUT2D eigenvalue weighted by molar-refractivity contribution is 0.228. The fourth-order valence-corrected chi connectivity index (χ4v) is 1.87. The number of hydrogen-bond donors (Lipinski definition) is 1. The molecule has 0 aromatic carbocycles. The van der Waals surface area contributed by atoms with Crippen LogP contribution >= 0.6 is 0 Å². The summed E-state index contributed by atoms with van der Waals surface area (Å²) in [5.41, 5.74) is 1.69. The second-order valence-electron chi connectivity index (χ2n) is 3.88. The van der Waals surface area contributed by atoms with E-state index in [1.54, 1.807) is 11.1 Å². The summed E-state index contributed by atoms with van der Waals surface area (Å²) >= 11 is 0. The third-order valence-electron chi connectivity index (χ3n) is 2.77. The van der Waals surface area contributed by atoms with E-state index in [0.717, 1.165) is 24.1 Å². The Bertz CT molecular complexity index is 451. The van der Waals surface area contributed by atoms with Gasteiger partial charge in [-0.15, -0.1) is 0 Å². The number of urea groups is 1. The number of fused-ring (bicyclic) bond motifs is 1. The lowest BCUT2D eigenvalue weighted by Crippen LogP contribution is -2.39. The van der Waals surface area contributed by atoms with Gasteiger partial charge >= 0.3 is 6.03 Å². The smallest absolute Gasteiger partial charge is 0.291 e. The van der Waals surface area contributed by atoms with Crippen molar-refractivity contribution >= 4 is 17.5 Å². The maximum atomic E-state index is 11.8. The van der Waals surface area contributed by atoms with Crippen molar-refractivity contribution in [2.24, 2.45) is 0 Å². The van der Waals surface area contributed by atoms with Crippen LogP contribution in [0.5, 0.6) is 0 Å². The van der Waals surface area contributed by atoms with Crippen LogP contribution < -0.4 is 5.32 Å². The Morgan fingerprint density at radius 3 is 3.07 bits per heavy atom. The fourth-order valence-electron chi connectivity index (χ4n) is 1.87. The molecule has 1 saturated carbocycles. The number of nitrogens with one attached hydrogen (secondary N) is 1. The number of amides is 2. The van der Waals surface area contributed by atoms with E-state index in [4.69, 9.17) is 0 Å². The van der Waals surface area contributed by atoms with Gasteiger partial charge in [-0.3, -0.25) is 10.2 Å². The molecule has 1 aliphatic carbocycles. The van der Waals surface area contributed by atoms with Crippen molar-refractivity contribution < 1.29 is 4.79 Å². The molecule has 4 nitrogen and oxygen atoms in total. The van der Waals surface area contributed by atoms with Crippen molar-refractivity contribution in [1.29, 1.82) is 0 Å². The molecule has 2 heterocycles. The molecule has 0 unspecified atom stereocenters. The lowest BCUT2D eigenvalue weighted by atomic mass is 10.1. The van der Waals surface area contributed by atoms with Crippen LogP contribution in [0, 0.1) is 0 Å². The number of pyridine rings is 1. The maximum absolute atomic E-state index is 11.8. The number of anilines is 1. The minimum atomic E-state index is -0.103. The van der Waals surface area contributed by atoms with Gasteiger partial charge in [0.15, 0.2) is 0 Å². The molecule has 76 valence electrons. The van der Waals surface area contributed by atoms with E-state index < -0.39 is 0 Å². The Labute approximate surface area is 87.6 Å². The molecule has 0 spiro atoms. The van der Waals surface area contributed by atoms with Crippen LogP contribution in [0.4, 0.5) is 10.6 Å². The van der Waals surface area contributed by atoms with Gasteiger partial charge in [-0.2, -0.15) is 0 Å². The molecule has 15 heavy (non-hydrogen) atoms. The van der Waals surface area contributed by atoms with E-state index in [9.17, 15) is 4.79 Å². The number of aromatic nitrogens is 1. The number of carbonyl (C=O) groups excluding carboxylic acids is 1. The summed E-state index contributed by atoms with van der Waals surface area (Å²) in [5.74, 6) is 0.615. The van der Waals surface area contributed by atoms with E-state index in [1.807, 2.05) is 12.1 Å². The quantitative estimate of drug-likeness (QED) is 0.755. The Kier molecular flexibility index (Phi) is 1.59. The van der Waals surface area contributed by atoms with Crippen molar-refractivity contribution in [2.75, 3.05) is 5.32 Å². The van der Waals surface area contributed by atoms with E-state index >= 15 is 0 Å². The van der Waals surface area contributed by atoms with Gasteiger partial charge in [0.25, 0.3) is 0 Å². The third-order valence-corrected chi connectivity index (χ3v) is 2.77. The fraction of sp³-hybridized carbons (Fsp3) is 0.273. The highest BCUT2D eigenvalue weighted by molar-refractivity contribution is 6.01. The zero-order valence-electron chi connectivity index (χ0n) is 8.23. The van der Waals surface area contributed by atoms with E-state index in [0.29, 0.717) is 11.9 Å².